The molecule has 2 heteroatoms. The van der Waals surface area contributed by atoms with Gasteiger partial charge in [0.2, 0.25) is 0 Å². The molecule has 2 unspecified atom stereocenters. The fourth-order valence-corrected chi connectivity index (χ4v) is 1.62. The van der Waals surface area contributed by atoms with Gasteiger partial charge in [-0.3, -0.25) is 9.98 Å². The van der Waals surface area contributed by atoms with Crippen LogP contribution in [-0.4, -0.2) is 25.5 Å². The molecule has 0 radical (unpaired) electrons. The van der Waals surface area contributed by atoms with E-state index in [4.69, 9.17) is 0 Å². The van der Waals surface area contributed by atoms with E-state index in [2.05, 4.69) is 65.0 Å². The van der Waals surface area contributed by atoms with E-state index in [9.17, 15) is 0 Å². The highest BCUT2D eigenvalue weighted by Crippen LogP contribution is 2.32. The smallest absolute Gasteiger partial charge is 0.0561 e. The third kappa shape index (κ3) is 4.59. The van der Waals surface area contributed by atoms with E-state index in [0.717, 1.165) is 6.42 Å². The number of nitrogens with zero attached hydrogens (tertiary/aromatic N) is 2. The van der Waals surface area contributed by atoms with Crippen molar-refractivity contribution in [3.8, 4) is 0 Å². The van der Waals surface area contributed by atoms with Crippen molar-refractivity contribution in [2.75, 3.05) is 0 Å². The zero-order valence-corrected chi connectivity index (χ0v) is 11.2. The largest absolute Gasteiger partial charge is 0.297 e. The molecule has 0 rings (SSSR count). The van der Waals surface area contributed by atoms with Crippen LogP contribution in [0.5, 0.6) is 0 Å². The molecule has 0 bridgehead atoms. The lowest BCUT2D eigenvalue weighted by Crippen LogP contribution is -2.34. The van der Waals surface area contributed by atoms with Crippen molar-refractivity contribution in [1.82, 2.24) is 0 Å². The lowest BCUT2D eigenvalue weighted by atomic mass is 9.77. The van der Waals surface area contributed by atoms with Crippen molar-refractivity contribution >= 4 is 13.4 Å². The first kappa shape index (κ1) is 14.3. The van der Waals surface area contributed by atoms with Crippen LogP contribution in [0.3, 0.4) is 0 Å². The SMILES string of the molecule is C=NC(CC(N=C)C(C)(C)C)C(C)(C)C. The predicted octanol–water partition coefficient (Wildman–Crippen LogP) is 3.61. The Kier molecular flexibility index (Phi) is 4.69. The maximum absolute atomic E-state index is 4.22. The highest BCUT2D eigenvalue weighted by Gasteiger charge is 2.31. The summed E-state index contributed by atoms with van der Waals surface area (Å²) in [7, 11) is 0. The summed E-state index contributed by atoms with van der Waals surface area (Å²) < 4.78 is 0. The molecule has 0 aromatic heterocycles. The Labute approximate surface area is 94.9 Å². The van der Waals surface area contributed by atoms with Crippen molar-refractivity contribution in [3.63, 3.8) is 0 Å². The van der Waals surface area contributed by atoms with Gasteiger partial charge in [-0.05, 0) is 30.7 Å². The number of hydrogen-bond donors (Lipinski definition) is 0. The second-order valence-corrected chi connectivity index (χ2v) is 6.36. The van der Waals surface area contributed by atoms with Crippen molar-refractivity contribution in [3.05, 3.63) is 0 Å². The first-order valence-corrected chi connectivity index (χ1v) is 5.54. The maximum atomic E-state index is 4.22. The van der Waals surface area contributed by atoms with E-state index < -0.39 is 0 Å². The van der Waals surface area contributed by atoms with Gasteiger partial charge in [0.05, 0.1) is 12.1 Å². The Hall–Kier alpha value is -0.660. The zero-order valence-electron chi connectivity index (χ0n) is 11.2. The van der Waals surface area contributed by atoms with Crippen LogP contribution in [0.4, 0.5) is 0 Å². The highest BCUT2D eigenvalue weighted by molar-refractivity contribution is 5.26. The molecule has 0 saturated heterocycles. The van der Waals surface area contributed by atoms with Crippen molar-refractivity contribution in [1.29, 1.82) is 0 Å². The molecule has 0 aromatic rings. The average molecular weight is 210 g/mol. The van der Waals surface area contributed by atoms with Crippen LogP contribution in [0, 0.1) is 10.8 Å². The van der Waals surface area contributed by atoms with E-state index >= 15 is 0 Å². The van der Waals surface area contributed by atoms with Gasteiger partial charge in [-0.25, -0.2) is 0 Å². The highest BCUT2D eigenvalue weighted by atomic mass is 14.8. The molecular formula is C13H26N2. The van der Waals surface area contributed by atoms with Crippen LogP contribution in [0.2, 0.25) is 0 Å². The van der Waals surface area contributed by atoms with Gasteiger partial charge in [-0.1, -0.05) is 41.5 Å². The third-order valence-electron chi connectivity index (χ3n) is 2.89. The molecular weight excluding hydrogens is 184 g/mol. The molecule has 15 heavy (non-hydrogen) atoms. The number of hydrogen-bond acceptors (Lipinski definition) is 2. The van der Waals surface area contributed by atoms with E-state index in [-0.39, 0.29) is 22.9 Å². The van der Waals surface area contributed by atoms with E-state index in [0.29, 0.717) is 0 Å². The molecule has 0 N–H and O–H groups in total. The molecule has 0 aliphatic heterocycles. The molecule has 0 amide bonds. The lowest BCUT2D eigenvalue weighted by Gasteiger charge is -2.34. The van der Waals surface area contributed by atoms with Crippen LogP contribution >= 0.6 is 0 Å². The Morgan fingerprint density at radius 2 is 1.07 bits per heavy atom. The van der Waals surface area contributed by atoms with Crippen molar-refractivity contribution in [2.24, 2.45) is 20.8 Å². The second kappa shape index (κ2) is 4.91. The van der Waals surface area contributed by atoms with Crippen molar-refractivity contribution < 1.29 is 0 Å². The van der Waals surface area contributed by atoms with Crippen molar-refractivity contribution in [2.45, 2.75) is 60.0 Å². The molecule has 88 valence electrons. The predicted molar refractivity (Wildman–Crippen MR) is 70.2 cm³/mol. The molecule has 0 spiro atoms. The summed E-state index contributed by atoms with van der Waals surface area (Å²) in [4.78, 5) is 8.45. The summed E-state index contributed by atoms with van der Waals surface area (Å²) in [5.41, 5.74) is 0.298. The molecule has 0 aromatic carbocycles. The standard InChI is InChI=1S/C13H26N2/c1-12(2,3)10(14-7)9-11(15-8)13(4,5)6/h10-11H,7-9H2,1-6H3. The topological polar surface area (TPSA) is 24.7 Å². The van der Waals surface area contributed by atoms with E-state index in [1.165, 1.54) is 0 Å². The molecule has 0 fully saturated rings. The van der Waals surface area contributed by atoms with Gasteiger partial charge >= 0.3 is 0 Å². The van der Waals surface area contributed by atoms with Gasteiger partial charge in [-0.15, -0.1) is 0 Å². The van der Waals surface area contributed by atoms with E-state index in [1.807, 2.05) is 0 Å². The first-order valence-electron chi connectivity index (χ1n) is 5.54. The van der Waals surface area contributed by atoms with Gasteiger partial charge in [-0.2, -0.15) is 0 Å². The Morgan fingerprint density at radius 1 is 0.800 bits per heavy atom. The quantitative estimate of drug-likeness (QED) is 0.633. The summed E-state index contributed by atoms with van der Waals surface area (Å²) in [6.07, 6.45) is 0.931. The summed E-state index contributed by atoms with van der Waals surface area (Å²) in [5, 5.41) is 0. The maximum Gasteiger partial charge on any atom is 0.0561 e. The molecule has 0 heterocycles. The summed E-state index contributed by atoms with van der Waals surface area (Å²) in [6, 6.07) is 0.486. The van der Waals surface area contributed by atoms with Gasteiger partial charge in [0.15, 0.2) is 0 Å². The zero-order chi connectivity index (χ0) is 12.3. The molecule has 0 aliphatic rings. The molecule has 2 nitrogen and oxygen atoms in total. The normalized spacial score (nSPS) is 16.9. The second-order valence-electron chi connectivity index (χ2n) is 6.36. The summed E-state index contributed by atoms with van der Waals surface area (Å²) in [6.45, 7) is 20.5. The average Bonchev–Trinajstić information content (AvgIpc) is 2.01. The van der Waals surface area contributed by atoms with Crippen LogP contribution in [0.1, 0.15) is 48.0 Å². The van der Waals surface area contributed by atoms with Gasteiger partial charge < -0.3 is 0 Å². The van der Waals surface area contributed by atoms with Crippen LogP contribution in [0.15, 0.2) is 9.98 Å². The fraction of sp³-hybridized carbons (Fsp3) is 0.846. The van der Waals surface area contributed by atoms with Gasteiger partial charge in [0.1, 0.15) is 0 Å². The van der Waals surface area contributed by atoms with Gasteiger partial charge in [0, 0.05) is 0 Å². The third-order valence-corrected chi connectivity index (χ3v) is 2.89. The van der Waals surface area contributed by atoms with E-state index in [1.54, 1.807) is 0 Å². The number of aliphatic imine (C=N–C) groups is 2. The minimum atomic E-state index is 0.149. The van der Waals surface area contributed by atoms with Crippen LogP contribution in [-0.2, 0) is 0 Å². The summed E-state index contributed by atoms with van der Waals surface area (Å²) in [5.74, 6) is 0. The summed E-state index contributed by atoms with van der Waals surface area (Å²) >= 11 is 0. The minimum absolute atomic E-state index is 0.149. The first-order chi connectivity index (χ1) is 6.62. The molecule has 0 aliphatic carbocycles. The number of rotatable bonds is 4. The Balaban J connectivity index is 4.67. The minimum Gasteiger partial charge on any atom is -0.297 e. The van der Waals surface area contributed by atoms with Crippen LogP contribution < -0.4 is 0 Å². The Morgan fingerprint density at radius 3 is 1.20 bits per heavy atom. The fourth-order valence-electron chi connectivity index (χ4n) is 1.62. The Bertz CT molecular complexity index is 194. The molecule has 2 atom stereocenters. The van der Waals surface area contributed by atoms with Crippen LogP contribution in [0.25, 0.3) is 0 Å². The van der Waals surface area contributed by atoms with Gasteiger partial charge in [0.25, 0.3) is 0 Å². The molecule has 0 saturated carbocycles. The lowest BCUT2D eigenvalue weighted by molar-refractivity contribution is 0.234. The monoisotopic (exact) mass is 210 g/mol.